The predicted molar refractivity (Wildman–Crippen MR) is 51.5 cm³/mol. The quantitative estimate of drug-likeness (QED) is 0.576. The second-order valence-electron chi connectivity index (χ2n) is 2.57. The SMILES string of the molecule is CS(=O)(=O)Oc1ccc(CCl)cc1. The van der Waals surface area contributed by atoms with Gasteiger partial charge in [0.2, 0.25) is 0 Å². The molecule has 1 aromatic carbocycles. The first-order valence-electron chi connectivity index (χ1n) is 3.55. The minimum atomic E-state index is -3.43. The Labute approximate surface area is 82.4 Å². The summed E-state index contributed by atoms with van der Waals surface area (Å²) in [6, 6.07) is 6.57. The molecule has 0 bridgehead atoms. The molecule has 0 saturated heterocycles. The van der Waals surface area contributed by atoms with Gasteiger partial charge >= 0.3 is 10.1 Å². The molecule has 0 atom stereocenters. The molecule has 13 heavy (non-hydrogen) atoms. The van der Waals surface area contributed by atoms with Crippen LogP contribution in [0.3, 0.4) is 0 Å². The largest absolute Gasteiger partial charge is 0.383 e. The Morgan fingerprint density at radius 2 is 1.85 bits per heavy atom. The van der Waals surface area contributed by atoms with E-state index in [-0.39, 0.29) is 0 Å². The number of rotatable bonds is 3. The van der Waals surface area contributed by atoms with E-state index in [1.807, 2.05) is 0 Å². The van der Waals surface area contributed by atoms with Crippen LogP contribution in [-0.2, 0) is 16.0 Å². The number of benzene rings is 1. The molecule has 0 radical (unpaired) electrons. The van der Waals surface area contributed by atoms with Gasteiger partial charge in [0.15, 0.2) is 0 Å². The standard InChI is InChI=1S/C8H9ClO3S/c1-13(10,11)12-8-4-2-7(6-9)3-5-8/h2-5H,6H2,1H3. The molecule has 0 aliphatic rings. The van der Waals surface area contributed by atoms with Gasteiger partial charge in [-0.25, -0.2) is 0 Å². The molecule has 0 aliphatic carbocycles. The van der Waals surface area contributed by atoms with Crippen molar-refractivity contribution in [1.29, 1.82) is 0 Å². The van der Waals surface area contributed by atoms with Gasteiger partial charge in [-0.3, -0.25) is 0 Å². The summed E-state index contributed by atoms with van der Waals surface area (Å²) in [5, 5.41) is 0. The van der Waals surface area contributed by atoms with Crippen LogP contribution >= 0.6 is 11.6 Å². The van der Waals surface area contributed by atoms with E-state index < -0.39 is 10.1 Å². The first kappa shape index (κ1) is 10.3. The first-order chi connectivity index (χ1) is 6.01. The molecular formula is C8H9ClO3S. The summed E-state index contributed by atoms with van der Waals surface area (Å²) in [4.78, 5) is 0. The Morgan fingerprint density at radius 1 is 1.31 bits per heavy atom. The second kappa shape index (κ2) is 3.98. The molecular weight excluding hydrogens is 212 g/mol. The van der Waals surface area contributed by atoms with Crippen molar-refractivity contribution in [3.05, 3.63) is 29.8 Å². The molecule has 0 aliphatic heterocycles. The average Bonchev–Trinajstić information content (AvgIpc) is 2.03. The zero-order valence-corrected chi connectivity index (χ0v) is 8.60. The van der Waals surface area contributed by atoms with Gasteiger partial charge in [-0.1, -0.05) is 12.1 Å². The summed E-state index contributed by atoms with van der Waals surface area (Å²) in [6.45, 7) is 0. The fourth-order valence-corrected chi connectivity index (χ4v) is 1.45. The van der Waals surface area contributed by atoms with E-state index in [4.69, 9.17) is 11.6 Å². The summed E-state index contributed by atoms with van der Waals surface area (Å²) in [5.41, 5.74) is 0.919. The van der Waals surface area contributed by atoms with E-state index in [9.17, 15) is 8.42 Å². The summed E-state index contributed by atoms with van der Waals surface area (Å²) >= 11 is 5.55. The van der Waals surface area contributed by atoms with E-state index in [2.05, 4.69) is 4.18 Å². The van der Waals surface area contributed by atoms with Crippen LogP contribution < -0.4 is 4.18 Å². The van der Waals surface area contributed by atoms with Gasteiger partial charge in [-0.2, -0.15) is 8.42 Å². The Bertz CT molecular complexity index is 369. The van der Waals surface area contributed by atoms with E-state index in [1.54, 1.807) is 24.3 Å². The van der Waals surface area contributed by atoms with Gasteiger partial charge in [-0.15, -0.1) is 11.6 Å². The van der Waals surface area contributed by atoms with Crippen LogP contribution in [0.5, 0.6) is 5.75 Å². The molecule has 0 aromatic heterocycles. The summed E-state index contributed by atoms with van der Waals surface area (Å²) in [7, 11) is -3.43. The predicted octanol–water partition coefficient (Wildman–Crippen LogP) is 1.76. The van der Waals surface area contributed by atoms with Crippen LogP contribution in [0.4, 0.5) is 0 Å². The van der Waals surface area contributed by atoms with Crippen molar-refractivity contribution in [1.82, 2.24) is 0 Å². The van der Waals surface area contributed by atoms with E-state index >= 15 is 0 Å². The van der Waals surface area contributed by atoms with E-state index in [0.717, 1.165) is 11.8 Å². The highest BCUT2D eigenvalue weighted by atomic mass is 35.5. The molecule has 1 rings (SSSR count). The van der Waals surface area contributed by atoms with Crippen molar-refractivity contribution in [3.8, 4) is 5.75 Å². The van der Waals surface area contributed by atoms with Crippen LogP contribution in [-0.4, -0.2) is 14.7 Å². The molecule has 5 heteroatoms. The number of halogens is 1. The molecule has 0 spiro atoms. The lowest BCUT2D eigenvalue weighted by molar-refractivity contribution is 0.493. The normalized spacial score (nSPS) is 11.2. The van der Waals surface area contributed by atoms with Gasteiger partial charge in [0.25, 0.3) is 0 Å². The smallest absolute Gasteiger partial charge is 0.306 e. The van der Waals surface area contributed by atoms with Crippen molar-refractivity contribution < 1.29 is 12.6 Å². The molecule has 0 fully saturated rings. The average molecular weight is 221 g/mol. The third-order valence-corrected chi connectivity index (χ3v) is 2.13. The minimum absolute atomic E-state index is 0.302. The Kier molecular flexibility index (Phi) is 3.17. The lowest BCUT2D eigenvalue weighted by Gasteiger charge is -2.02. The van der Waals surface area contributed by atoms with Crippen LogP contribution in [0.2, 0.25) is 0 Å². The van der Waals surface area contributed by atoms with Crippen molar-refractivity contribution in [2.45, 2.75) is 5.88 Å². The van der Waals surface area contributed by atoms with Gasteiger partial charge in [0.05, 0.1) is 6.26 Å². The van der Waals surface area contributed by atoms with Crippen molar-refractivity contribution in [2.24, 2.45) is 0 Å². The maximum atomic E-state index is 10.7. The van der Waals surface area contributed by atoms with Crippen molar-refractivity contribution in [3.63, 3.8) is 0 Å². The second-order valence-corrected chi connectivity index (χ2v) is 4.41. The van der Waals surface area contributed by atoms with Gasteiger partial charge in [0, 0.05) is 5.88 Å². The van der Waals surface area contributed by atoms with Gasteiger partial charge < -0.3 is 4.18 Å². The molecule has 0 saturated carbocycles. The highest BCUT2D eigenvalue weighted by Gasteiger charge is 2.03. The lowest BCUT2D eigenvalue weighted by atomic mass is 10.2. The summed E-state index contributed by atoms with van der Waals surface area (Å²) < 4.78 is 26.0. The van der Waals surface area contributed by atoms with Crippen LogP contribution in [0.15, 0.2) is 24.3 Å². The first-order valence-corrected chi connectivity index (χ1v) is 5.91. The van der Waals surface area contributed by atoms with Crippen LogP contribution in [0, 0.1) is 0 Å². The van der Waals surface area contributed by atoms with Crippen molar-refractivity contribution in [2.75, 3.05) is 6.26 Å². The molecule has 72 valence electrons. The molecule has 0 heterocycles. The molecule has 3 nitrogen and oxygen atoms in total. The maximum absolute atomic E-state index is 10.7. The van der Waals surface area contributed by atoms with Crippen LogP contribution in [0.25, 0.3) is 0 Å². The summed E-state index contributed by atoms with van der Waals surface area (Å²) in [6.07, 6.45) is 1.00. The zero-order chi connectivity index (χ0) is 9.90. The fraction of sp³-hybridized carbons (Fsp3) is 0.250. The molecule has 0 N–H and O–H groups in total. The number of hydrogen-bond acceptors (Lipinski definition) is 3. The zero-order valence-electron chi connectivity index (χ0n) is 7.03. The minimum Gasteiger partial charge on any atom is -0.383 e. The monoisotopic (exact) mass is 220 g/mol. The lowest BCUT2D eigenvalue weighted by Crippen LogP contribution is -2.05. The maximum Gasteiger partial charge on any atom is 0.306 e. The fourth-order valence-electron chi connectivity index (χ4n) is 0.809. The Hall–Kier alpha value is -0.740. The van der Waals surface area contributed by atoms with Crippen LogP contribution in [0.1, 0.15) is 5.56 Å². The van der Waals surface area contributed by atoms with Gasteiger partial charge in [-0.05, 0) is 17.7 Å². The molecule has 1 aromatic rings. The topological polar surface area (TPSA) is 43.4 Å². The highest BCUT2D eigenvalue weighted by molar-refractivity contribution is 7.86. The third kappa shape index (κ3) is 3.65. The Balaban J connectivity index is 2.81. The van der Waals surface area contributed by atoms with E-state index in [1.165, 1.54) is 0 Å². The van der Waals surface area contributed by atoms with Crippen molar-refractivity contribution >= 4 is 21.7 Å². The highest BCUT2D eigenvalue weighted by Crippen LogP contribution is 2.14. The van der Waals surface area contributed by atoms with E-state index in [0.29, 0.717) is 11.6 Å². The Morgan fingerprint density at radius 3 is 2.23 bits per heavy atom. The molecule has 0 unspecified atom stereocenters. The number of hydrogen-bond donors (Lipinski definition) is 0. The third-order valence-electron chi connectivity index (χ3n) is 1.33. The molecule has 0 amide bonds. The number of alkyl halides is 1. The summed E-state index contributed by atoms with van der Waals surface area (Å²) in [5.74, 6) is 0.704. The van der Waals surface area contributed by atoms with Gasteiger partial charge in [0.1, 0.15) is 5.75 Å².